The van der Waals surface area contributed by atoms with E-state index in [1.807, 2.05) is 47.8 Å². The highest BCUT2D eigenvalue weighted by atomic mass is 32.1. The molecule has 0 unspecified atom stereocenters. The first-order chi connectivity index (χ1) is 15.2. The number of pyridine rings is 2. The molecule has 3 aromatic heterocycles. The fourth-order valence-electron chi connectivity index (χ4n) is 4.03. The fraction of sp³-hybridized carbons (Fsp3) is 0.250. The van der Waals surface area contributed by atoms with Gasteiger partial charge in [0, 0.05) is 47.7 Å². The maximum absolute atomic E-state index is 13.4. The highest BCUT2D eigenvalue weighted by molar-refractivity contribution is 7.13. The van der Waals surface area contributed by atoms with Crippen LogP contribution in [0.5, 0.6) is 0 Å². The van der Waals surface area contributed by atoms with Gasteiger partial charge in [0.25, 0.3) is 5.91 Å². The smallest absolute Gasteiger partial charge is 0.252 e. The number of nitrogens with zero attached hydrogens (tertiary/aromatic N) is 4. The van der Waals surface area contributed by atoms with Crippen molar-refractivity contribution in [3.8, 4) is 10.7 Å². The van der Waals surface area contributed by atoms with E-state index in [1.54, 1.807) is 6.20 Å². The molecular weight excluding hydrogens is 406 g/mol. The molecule has 4 heterocycles. The summed E-state index contributed by atoms with van der Waals surface area (Å²) in [5.74, 6) is -0.0693. The second-order valence-electron chi connectivity index (χ2n) is 7.59. The number of nitrogens with one attached hydrogen (secondary N) is 1. The third-order valence-corrected chi connectivity index (χ3v) is 6.58. The zero-order valence-electron chi connectivity index (χ0n) is 17.3. The number of hydrogen-bond acceptors (Lipinski definition) is 6. The van der Waals surface area contributed by atoms with E-state index in [1.165, 1.54) is 11.3 Å². The molecule has 1 aliphatic heterocycles. The summed E-state index contributed by atoms with van der Waals surface area (Å²) >= 11 is 1.54. The van der Waals surface area contributed by atoms with Gasteiger partial charge in [0.1, 0.15) is 5.01 Å². The van der Waals surface area contributed by atoms with Crippen molar-refractivity contribution in [2.75, 3.05) is 13.1 Å². The molecule has 1 amide bonds. The summed E-state index contributed by atoms with van der Waals surface area (Å²) in [7, 11) is 0. The van der Waals surface area contributed by atoms with Crippen molar-refractivity contribution in [3.63, 3.8) is 0 Å². The number of thiazole rings is 1. The highest BCUT2D eigenvalue weighted by Crippen LogP contribution is 2.28. The Morgan fingerprint density at radius 2 is 2.03 bits per heavy atom. The Kier molecular flexibility index (Phi) is 5.44. The SMILES string of the molecule is CCN1CCc2nc3ccccc3c(C(=O)NCc3csc(-c4ccccn4)n3)c2C1. The summed E-state index contributed by atoms with van der Waals surface area (Å²) in [4.78, 5) is 29.6. The van der Waals surface area contributed by atoms with Crippen LogP contribution in [0.25, 0.3) is 21.6 Å². The molecule has 5 rings (SSSR count). The number of aromatic nitrogens is 3. The van der Waals surface area contributed by atoms with Crippen LogP contribution in [0, 0.1) is 0 Å². The van der Waals surface area contributed by atoms with E-state index in [0.29, 0.717) is 6.54 Å². The molecule has 1 aliphatic rings. The van der Waals surface area contributed by atoms with E-state index in [-0.39, 0.29) is 5.91 Å². The van der Waals surface area contributed by atoms with Gasteiger partial charge >= 0.3 is 0 Å². The van der Waals surface area contributed by atoms with E-state index in [0.717, 1.165) is 70.2 Å². The molecule has 0 saturated heterocycles. The lowest BCUT2D eigenvalue weighted by molar-refractivity contribution is 0.0949. The number of para-hydroxylation sites is 1. The lowest BCUT2D eigenvalue weighted by atomic mass is 9.95. The minimum Gasteiger partial charge on any atom is -0.346 e. The topological polar surface area (TPSA) is 71.0 Å². The van der Waals surface area contributed by atoms with Crippen LogP contribution in [0.2, 0.25) is 0 Å². The number of likely N-dealkylation sites (N-methyl/N-ethyl adjacent to an activating group) is 1. The second-order valence-corrected chi connectivity index (χ2v) is 8.45. The molecular formula is C24H23N5OS. The van der Waals surface area contributed by atoms with Crippen molar-refractivity contribution >= 4 is 28.1 Å². The van der Waals surface area contributed by atoms with Crippen LogP contribution >= 0.6 is 11.3 Å². The molecule has 1 aromatic carbocycles. The zero-order chi connectivity index (χ0) is 21.2. The van der Waals surface area contributed by atoms with Crippen LogP contribution in [0.15, 0.2) is 54.0 Å². The molecule has 0 bridgehead atoms. The molecule has 0 radical (unpaired) electrons. The van der Waals surface area contributed by atoms with Gasteiger partial charge in [0.15, 0.2) is 0 Å². The van der Waals surface area contributed by atoms with E-state index in [4.69, 9.17) is 4.98 Å². The monoisotopic (exact) mass is 429 g/mol. The minimum atomic E-state index is -0.0693. The van der Waals surface area contributed by atoms with Gasteiger partial charge in [-0.15, -0.1) is 11.3 Å². The van der Waals surface area contributed by atoms with E-state index in [9.17, 15) is 4.79 Å². The van der Waals surface area contributed by atoms with Gasteiger partial charge in [-0.1, -0.05) is 31.2 Å². The number of hydrogen-bond donors (Lipinski definition) is 1. The van der Waals surface area contributed by atoms with Gasteiger partial charge in [0.2, 0.25) is 0 Å². The van der Waals surface area contributed by atoms with Gasteiger partial charge in [-0.3, -0.25) is 19.7 Å². The zero-order valence-corrected chi connectivity index (χ0v) is 18.2. The number of carbonyl (C=O) groups is 1. The Hall–Kier alpha value is -3.16. The number of amides is 1. The predicted molar refractivity (Wildman–Crippen MR) is 123 cm³/mol. The fourth-order valence-corrected chi connectivity index (χ4v) is 4.82. The Morgan fingerprint density at radius 3 is 2.87 bits per heavy atom. The third-order valence-electron chi connectivity index (χ3n) is 5.67. The Labute approximate surface area is 185 Å². The lowest BCUT2D eigenvalue weighted by Crippen LogP contribution is -2.34. The molecule has 0 atom stereocenters. The molecule has 0 saturated carbocycles. The summed E-state index contributed by atoms with van der Waals surface area (Å²) in [5, 5.41) is 6.83. The Morgan fingerprint density at radius 1 is 1.16 bits per heavy atom. The third kappa shape index (κ3) is 3.94. The van der Waals surface area contributed by atoms with Gasteiger partial charge in [0.05, 0.1) is 29.0 Å². The number of benzene rings is 1. The van der Waals surface area contributed by atoms with E-state index < -0.39 is 0 Å². The van der Waals surface area contributed by atoms with Gasteiger partial charge < -0.3 is 5.32 Å². The number of carbonyl (C=O) groups excluding carboxylic acids is 1. The summed E-state index contributed by atoms with van der Waals surface area (Å²) in [6.07, 6.45) is 2.63. The highest BCUT2D eigenvalue weighted by Gasteiger charge is 2.25. The first-order valence-electron chi connectivity index (χ1n) is 10.5. The van der Waals surface area contributed by atoms with Crippen molar-refractivity contribution in [2.24, 2.45) is 0 Å². The maximum atomic E-state index is 13.4. The quantitative estimate of drug-likeness (QED) is 0.518. The maximum Gasteiger partial charge on any atom is 0.252 e. The van der Waals surface area contributed by atoms with Crippen molar-refractivity contribution in [3.05, 3.63) is 76.6 Å². The summed E-state index contributed by atoms with van der Waals surface area (Å²) < 4.78 is 0. The van der Waals surface area contributed by atoms with E-state index >= 15 is 0 Å². The lowest BCUT2D eigenvalue weighted by Gasteiger charge is -2.29. The van der Waals surface area contributed by atoms with Crippen molar-refractivity contribution < 1.29 is 4.79 Å². The van der Waals surface area contributed by atoms with E-state index in [2.05, 4.69) is 27.1 Å². The van der Waals surface area contributed by atoms with Crippen molar-refractivity contribution in [2.45, 2.75) is 26.4 Å². The van der Waals surface area contributed by atoms with Crippen LogP contribution < -0.4 is 5.32 Å². The molecule has 31 heavy (non-hydrogen) atoms. The van der Waals surface area contributed by atoms with Crippen molar-refractivity contribution in [1.29, 1.82) is 0 Å². The predicted octanol–water partition coefficient (Wildman–Crippen LogP) is 4.06. The second kappa shape index (κ2) is 8.53. The Balaban J connectivity index is 1.43. The molecule has 7 heteroatoms. The molecule has 0 spiro atoms. The van der Waals surface area contributed by atoms with Crippen LogP contribution in [0.4, 0.5) is 0 Å². The molecule has 6 nitrogen and oxygen atoms in total. The first kappa shape index (κ1) is 19.8. The first-order valence-corrected chi connectivity index (χ1v) is 11.4. The van der Waals surface area contributed by atoms with Crippen LogP contribution in [-0.4, -0.2) is 38.8 Å². The summed E-state index contributed by atoms with van der Waals surface area (Å²) in [6.45, 7) is 5.23. The minimum absolute atomic E-state index is 0.0693. The average molecular weight is 430 g/mol. The summed E-state index contributed by atoms with van der Waals surface area (Å²) in [5.41, 5.74) is 5.40. The van der Waals surface area contributed by atoms with Gasteiger partial charge in [-0.25, -0.2) is 4.98 Å². The largest absolute Gasteiger partial charge is 0.346 e. The number of fused-ring (bicyclic) bond motifs is 2. The standard InChI is InChI=1S/C24H23N5OS/c1-2-29-12-10-20-18(14-29)22(17-7-3-4-8-19(17)28-20)23(30)26-13-16-15-31-24(27-16)21-9-5-6-11-25-21/h3-9,11,15H,2,10,12-14H2,1H3,(H,26,30). The van der Waals surface area contributed by atoms with Crippen LogP contribution in [0.3, 0.4) is 0 Å². The molecule has 0 fully saturated rings. The number of rotatable bonds is 5. The molecule has 1 N–H and O–H groups in total. The van der Waals surface area contributed by atoms with Crippen LogP contribution in [0.1, 0.15) is 34.2 Å². The van der Waals surface area contributed by atoms with Gasteiger partial charge in [-0.2, -0.15) is 0 Å². The van der Waals surface area contributed by atoms with Crippen molar-refractivity contribution in [1.82, 2.24) is 25.2 Å². The normalized spacial score (nSPS) is 13.8. The van der Waals surface area contributed by atoms with Gasteiger partial charge in [-0.05, 0) is 24.7 Å². The van der Waals surface area contributed by atoms with Crippen LogP contribution in [-0.2, 0) is 19.5 Å². The molecule has 4 aromatic rings. The molecule has 0 aliphatic carbocycles. The average Bonchev–Trinajstić information content (AvgIpc) is 3.30. The summed E-state index contributed by atoms with van der Waals surface area (Å²) in [6, 6.07) is 13.7. The molecule has 156 valence electrons. The Bertz CT molecular complexity index is 1240.